The molecule has 0 saturated heterocycles. The molecule has 4 N–H and O–H groups in total. The molecular weight excluding hydrogens is 436 g/mol. The van der Waals surface area contributed by atoms with Crippen LogP contribution in [0.1, 0.15) is 22.8 Å². The van der Waals surface area contributed by atoms with Crippen LogP contribution in [-0.4, -0.2) is 26.2 Å². The first kappa shape index (κ1) is 20.7. The standard InChI is InChI=1S/C24H20N6O2S/c1-14(31)27-22-20(16-6-3-2-4-7-16)29-21-17(8-5-11-30(21)22)23(32)26-13-15-9-10-18-19(12-15)33-24(25)28-18/h2-12H,13H2,1H3,(H2,25,28)(H,26,32)(H,27,31). The predicted octanol–water partition coefficient (Wildman–Crippen LogP) is 4.08. The molecule has 8 nitrogen and oxygen atoms in total. The average molecular weight is 457 g/mol. The van der Waals surface area contributed by atoms with Crippen LogP contribution in [-0.2, 0) is 11.3 Å². The Hall–Kier alpha value is -4.24. The maximum Gasteiger partial charge on any atom is 0.255 e. The number of anilines is 2. The van der Waals surface area contributed by atoms with Crippen molar-refractivity contribution < 1.29 is 9.59 Å². The Balaban J connectivity index is 1.48. The SMILES string of the molecule is CC(=O)Nc1c(-c2ccccc2)nc2c(C(=O)NCc3ccc4nc(N)sc4c3)cccn12. The predicted molar refractivity (Wildman–Crippen MR) is 130 cm³/mol. The van der Waals surface area contributed by atoms with Crippen molar-refractivity contribution >= 4 is 50.0 Å². The van der Waals surface area contributed by atoms with E-state index in [0.717, 1.165) is 21.3 Å². The fourth-order valence-corrected chi connectivity index (χ4v) is 4.50. The van der Waals surface area contributed by atoms with E-state index in [0.29, 0.717) is 34.4 Å². The number of pyridine rings is 1. The van der Waals surface area contributed by atoms with Crippen LogP contribution < -0.4 is 16.4 Å². The number of hydrogen-bond acceptors (Lipinski definition) is 6. The Morgan fingerprint density at radius 3 is 2.67 bits per heavy atom. The van der Waals surface area contributed by atoms with E-state index in [1.165, 1.54) is 18.3 Å². The number of nitrogens with zero attached hydrogens (tertiary/aromatic N) is 3. The Labute approximate surface area is 193 Å². The Morgan fingerprint density at radius 1 is 1.06 bits per heavy atom. The highest BCUT2D eigenvalue weighted by molar-refractivity contribution is 7.22. The van der Waals surface area contributed by atoms with Crippen molar-refractivity contribution in [1.82, 2.24) is 19.7 Å². The second-order valence-corrected chi connectivity index (χ2v) is 8.57. The molecule has 0 unspecified atom stereocenters. The first-order valence-corrected chi connectivity index (χ1v) is 11.1. The number of rotatable bonds is 5. The van der Waals surface area contributed by atoms with Crippen molar-refractivity contribution in [1.29, 1.82) is 0 Å². The van der Waals surface area contributed by atoms with Crippen LogP contribution in [0.5, 0.6) is 0 Å². The van der Waals surface area contributed by atoms with Gasteiger partial charge < -0.3 is 16.4 Å². The van der Waals surface area contributed by atoms with Crippen molar-refractivity contribution in [3.05, 3.63) is 78.0 Å². The maximum absolute atomic E-state index is 13.1. The third kappa shape index (κ3) is 4.01. The summed E-state index contributed by atoms with van der Waals surface area (Å²) in [7, 11) is 0. The zero-order valence-corrected chi connectivity index (χ0v) is 18.5. The normalized spacial score (nSPS) is 11.1. The Morgan fingerprint density at radius 2 is 1.88 bits per heavy atom. The van der Waals surface area contributed by atoms with Crippen molar-refractivity contribution in [3.63, 3.8) is 0 Å². The number of aromatic nitrogens is 3. The molecule has 33 heavy (non-hydrogen) atoms. The third-order valence-electron chi connectivity index (χ3n) is 5.16. The van der Waals surface area contributed by atoms with Crippen molar-refractivity contribution in [2.75, 3.05) is 11.1 Å². The monoisotopic (exact) mass is 456 g/mol. The van der Waals surface area contributed by atoms with E-state index in [4.69, 9.17) is 10.7 Å². The molecule has 3 aromatic heterocycles. The van der Waals surface area contributed by atoms with E-state index in [2.05, 4.69) is 15.6 Å². The van der Waals surface area contributed by atoms with E-state index < -0.39 is 0 Å². The van der Waals surface area contributed by atoms with E-state index >= 15 is 0 Å². The summed E-state index contributed by atoms with van der Waals surface area (Å²) in [5, 5.41) is 6.33. The lowest BCUT2D eigenvalue weighted by Crippen LogP contribution is -2.23. The largest absolute Gasteiger partial charge is 0.375 e. The molecule has 2 aromatic carbocycles. The molecule has 5 rings (SSSR count). The van der Waals surface area contributed by atoms with Gasteiger partial charge in [0, 0.05) is 25.2 Å². The number of nitrogens with two attached hydrogens (primary N) is 1. The van der Waals surface area contributed by atoms with Gasteiger partial charge in [0.05, 0.1) is 15.8 Å². The van der Waals surface area contributed by atoms with Crippen LogP contribution in [0.4, 0.5) is 10.9 Å². The summed E-state index contributed by atoms with van der Waals surface area (Å²) < 4.78 is 2.70. The summed E-state index contributed by atoms with van der Waals surface area (Å²) in [6.45, 7) is 1.79. The second-order valence-electron chi connectivity index (χ2n) is 7.51. The lowest BCUT2D eigenvalue weighted by molar-refractivity contribution is -0.114. The van der Waals surface area contributed by atoms with Gasteiger partial charge in [0.25, 0.3) is 5.91 Å². The number of amides is 2. The van der Waals surface area contributed by atoms with Gasteiger partial charge in [-0.1, -0.05) is 47.7 Å². The fourth-order valence-electron chi connectivity index (χ4n) is 3.70. The molecule has 164 valence electrons. The highest BCUT2D eigenvalue weighted by atomic mass is 32.1. The fraction of sp³-hybridized carbons (Fsp3) is 0.0833. The van der Waals surface area contributed by atoms with Crippen LogP contribution in [0.15, 0.2) is 66.9 Å². The van der Waals surface area contributed by atoms with E-state index in [1.807, 2.05) is 48.5 Å². The molecule has 0 atom stereocenters. The Kier molecular flexibility index (Phi) is 5.23. The molecule has 0 aliphatic heterocycles. The minimum atomic E-state index is -0.261. The topological polar surface area (TPSA) is 114 Å². The maximum atomic E-state index is 13.1. The van der Waals surface area contributed by atoms with Gasteiger partial charge in [-0.3, -0.25) is 14.0 Å². The van der Waals surface area contributed by atoms with E-state index in [1.54, 1.807) is 22.7 Å². The molecule has 5 aromatic rings. The number of benzene rings is 2. The number of nitrogens with one attached hydrogen (secondary N) is 2. The average Bonchev–Trinajstić information content (AvgIpc) is 3.36. The van der Waals surface area contributed by atoms with Crippen molar-refractivity contribution in [2.45, 2.75) is 13.5 Å². The zero-order valence-electron chi connectivity index (χ0n) is 17.7. The number of nitrogen functional groups attached to an aromatic ring is 1. The zero-order chi connectivity index (χ0) is 22.9. The minimum Gasteiger partial charge on any atom is -0.375 e. The molecule has 0 fully saturated rings. The van der Waals surface area contributed by atoms with Crippen LogP contribution in [0, 0.1) is 0 Å². The molecule has 0 aliphatic carbocycles. The van der Waals surface area contributed by atoms with Gasteiger partial charge in [0.1, 0.15) is 11.5 Å². The van der Waals surface area contributed by atoms with Crippen molar-refractivity contribution in [3.8, 4) is 11.3 Å². The van der Waals surface area contributed by atoms with Crippen LogP contribution in [0.3, 0.4) is 0 Å². The molecule has 0 aliphatic rings. The summed E-state index contributed by atoms with van der Waals surface area (Å²) in [4.78, 5) is 33.9. The van der Waals surface area contributed by atoms with Crippen LogP contribution in [0.25, 0.3) is 27.1 Å². The highest BCUT2D eigenvalue weighted by Crippen LogP contribution is 2.30. The molecule has 0 radical (unpaired) electrons. The summed E-state index contributed by atoms with van der Waals surface area (Å²) in [6.07, 6.45) is 1.78. The van der Waals surface area contributed by atoms with Crippen LogP contribution in [0.2, 0.25) is 0 Å². The highest BCUT2D eigenvalue weighted by Gasteiger charge is 2.20. The quantitative estimate of drug-likeness (QED) is 0.369. The van der Waals surface area contributed by atoms with Gasteiger partial charge in [-0.2, -0.15) is 0 Å². The van der Waals surface area contributed by atoms with E-state index in [9.17, 15) is 9.59 Å². The first-order chi connectivity index (χ1) is 16.0. The lowest BCUT2D eigenvalue weighted by atomic mass is 10.1. The number of imidazole rings is 1. The summed E-state index contributed by atoms with van der Waals surface area (Å²) in [5.74, 6) is 0.0398. The first-order valence-electron chi connectivity index (χ1n) is 10.3. The molecule has 3 heterocycles. The van der Waals surface area contributed by atoms with Gasteiger partial charge in [-0.25, -0.2) is 9.97 Å². The summed E-state index contributed by atoms with van der Waals surface area (Å²) in [6, 6.07) is 18.8. The smallest absolute Gasteiger partial charge is 0.255 e. The number of hydrogen-bond donors (Lipinski definition) is 3. The van der Waals surface area contributed by atoms with Gasteiger partial charge >= 0.3 is 0 Å². The molecule has 9 heteroatoms. The third-order valence-corrected chi connectivity index (χ3v) is 6.01. The molecule has 0 saturated carbocycles. The number of carbonyl (C=O) groups excluding carboxylic acids is 2. The van der Waals surface area contributed by atoms with E-state index in [-0.39, 0.29) is 11.8 Å². The van der Waals surface area contributed by atoms with Gasteiger partial charge in [-0.05, 0) is 29.8 Å². The molecule has 0 spiro atoms. The second kappa shape index (κ2) is 8.36. The lowest BCUT2D eigenvalue weighted by Gasteiger charge is -2.08. The van der Waals surface area contributed by atoms with Crippen LogP contribution >= 0.6 is 11.3 Å². The van der Waals surface area contributed by atoms with Crippen molar-refractivity contribution in [2.24, 2.45) is 0 Å². The number of thiazole rings is 1. The summed E-state index contributed by atoms with van der Waals surface area (Å²) >= 11 is 1.41. The molecular formula is C24H20N6O2S. The minimum absolute atomic E-state index is 0.220. The summed E-state index contributed by atoms with van der Waals surface area (Å²) in [5.41, 5.74) is 9.88. The number of fused-ring (bicyclic) bond motifs is 2. The Bertz CT molecular complexity index is 1510. The van der Waals surface area contributed by atoms with Gasteiger partial charge in [0.2, 0.25) is 5.91 Å². The number of carbonyl (C=O) groups is 2. The van der Waals surface area contributed by atoms with Gasteiger partial charge in [-0.15, -0.1) is 0 Å². The molecule has 2 amide bonds. The molecule has 0 bridgehead atoms. The van der Waals surface area contributed by atoms with Gasteiger partial charge in [0.15, 0.2) is 10.8 Å².